The molecule has 2 heterocycles. The Kier molecular flexibility index (Phi) is 5.77. The van der Waals surface area contributed by atoms with E-state index in [0.717, 1.165) is 10.8 Å². The van der Waals surface area contributed by atoms with Crippen LogP contribution in [0.15, 0.2) is 89.9 Å². The van der Waals surface area contributed by atoms with Gasteiger partial charge in [-0.05, 0) is 48.5 Å². The Balaban J connectivity index is 1.68. The van der Waals surface area contributed by atoms with Crippen LogP contribution in [0.3, 0.4) is 0 Å². The average molecular weight is 471 g/mol. The number of nitrogens with zero attached hydrogens (tertiary/aromatic N) is 2. The minimum absolute atomic E-state index is 0.113. The van der Waals surface area contributed by atoms with Crippen LogP contribution >= 0.6 is 0 Å². The molecule has 0 saturated heterocycles. The van der Waals surface area contributed by atoms with Crippen molar-refractivity contribution in [3.63, 3.8) is 0 Å². The second kappa shape index (κ2) is 8.55. The fourth-order valence-electron chi connectivity index (χ4n) is 3.18. The van der Waals surface area contributed by atoms with Crippen LogP contribution in [0.5, 0.6) is 5.75 Å². The fourth-order valence-corrected chi connectivity index (χ4v) is 3.88. The molecule has 0 fully saturated rings. The van der Waals surface area contributed by atoms with Crippen molar-refractivity contribution in [3.8, 4) is 17.0 Å². The lowest BCUT2D eigenvalue weighted by atomic mass is 10.1. The summed E-state index contributed by atoms with van der Waals surface area (Å²) >= 11 is 0. The van der Waals surface area contributed by atoms with E-state index >= 15 is 0 Å². The summed E-state index contributed by atoms with van der Waals surface area (Å²) in [6, 6.07) is 15.1. The fraction of sp³-hybridized carbons (Fsp3) is 0.0435. The highest BCUT2D eigenvalue weighted by molar-refractivity contribution is 7.94. The number of halogens is 3. The van der Waals surface area contributed by atoms with Gasteiger partial charge in [0.05, 0.1) is 10.6 Å². The molecule has 4 rings (SSSR count). The first-order valence-corrected chi connectivity index (χ1v) is 11.0. The Bertz CT molecular complexity index is 1440. The van der Waals surface area contributed by atoms with E-state index in [2.05, 4.69) is 26.6 Å². The summed E-state index contributed by atoms with van der Waals surface area (Å²) in [6.07, 6.45) is -1.65. The summed E-state index contributed by atoms with van der Waals surface area (Å²) in [5, 5.41) is 5.35. The van der Waals surface area contributed by atoms with Crippen LogP contribution in [0, 0.1) is 0 Å². The molecule has 0 aliphatic rings. The van der Waals surface area contributed by atoms with Crippen molar-refractivity contribution < 1.29 is 26.3 Å². The minimum atomic E-state index is -4.80. The number of nitrogens with one attached hydrogen (secondary N) is 1. The van der Waals surface area contributed by atoms with E-state index in [1.165, 1.54) is 30.3 Å². The van der Waals surface area contributed by atoms with Gasteiger partial charge in [-0.1, -0.05) is 18.7 Å². The molecule has 2 aromatic heterocycles. The monoisotopic (exact) mass is 471 g/mol. The highest BCUT2D eigenvalue weighted by Crippen LogP contribution is 2.32. The van der Waals surface area contributed by atoms with Crippen molar-refractivity contribution in [2.75, 3.05) is 5.32 Å². The lowest BCUT2D eigenvalue weighted by Gasteiger charge is -2.12. The van der Waals surface area contributed by atoms with Crippen LogP contribution in [-0.2, 0) is 9.84 Å². The van der Waals surface area contributed by atoms with Crippen LogP contribution in [0.25, 0.3) is 22.0 Å². The Morgan fingerprint density at radius 3 is 2.45 bits per heavy atom. The van der Waals surface area contributed by atoms with Crippen LogP contribution in [0.1, 0.15) is 0 Å². The molecule has 0 aliphatic carbocycles. The third kappa shape index (κ3) is 5.12. The molecule has 2 aromatic carbocycles. The van der Waals surface area contributed by atoms with Crippen LogP contribution in [0.2, 0.25) is 0 Å². The van der Waals surface area contributed by atoms with Crippen molar-refractivity contribution in [1.29, 1.82) is 0 Å². The average Bonchev–Trinajstić information content (AvgIpc) is 2.78. The van der Waals surface area contributed by atoms with E-state index < -0.39 is 16.2 Å². The van der Waals surface area contributed by atoms with Gasteiger partial charge in [0.2, 0.25) is 0 Å². The van der Waals surface area contributed by atoms with Gasteiger partial charge in [0.15, 0.2) is 9.84 Å². The maximum Gasteiger partial charge on any atom is 0.573 e. The molecule has 4 aromatic rings. The van der Waals surface area contributed by atoms with E-state index in [9.17, 15) is 21.6 Å². The molecular weight excluding hydrogens is 455 g/mol. The van der Waals surface area contributed by atoms with Crippen LogP contribution < -0.4 is 10.1 Å². The summed E-state index contributed by atoms with van der Waals surface area (Å²) in [7, 11) is -3.54. The Hall–Kier alpha value is -3.92. The number of hydrogen-bond donors (Lipinski definition) is 1. The summed E-state index contributed by atoms with van der Waals surface area (Å²) in [4.78, 5) is 8.80. The molecular formula is C23H16F3N3O3S. The number of sulfone groups is 1. The molecule has 0 atom stereocenters. The second-order valence-electron chi connectivity index (χ2n) is 6.89. The molecule has 10 heteroatoms. The van der Waals surface area contributed by atoms with Gasteiger partial charge < -0.3 is 10.1 Å². The zero-order valence-electron chi connectivity index (χ0n) is 16.9. The topological polar surface area (TPSA) is 81.2 Å². The Morgan fingerprint density at radius 1 is 1.00 bits per heavy atom. The van der Waals surface area contributed by atoms with Crippen LogP contribution in [-0.4, -0.2) is 24.7 Å². The lowest BCUT2D eigenvalue weighted by molar-refractivity contribution is -0.274. The SMILES string of the molecule is C=CS(=O)(=O)c1ccc(Nc2cc3c(-c4cccc(OC(F)(F)F)c4)nccc3cn2)cc1. The summed E-state index contributed by atoms with van der Waals surface area (Å²) < 4.78 is 65.6. The van der Waals surface area contributed by atoms with Gasteiger partial charge in [-0.25, -0.2) is 13.4 Å². The molecule has 168 valence electrons. The molecule has 0 amide bonds. The van der Waals surface area contributed by atoms with Gasteiger partial charge in [-0.15, -0.1) is 13.2 Å². The predicted molar refractivity (Wildman–Crippen MR) is 119 cm³/mol. The lowest BCUT2D eigenvalue weighted by Crippen LogP contribution is -2.17. The molecule has 0 unspecified atom stereocenters. The molecule has 0 aliphatic heterocycles. The Labute approximate surface area is 187 Å². The number of rotatable bonds is 6. The summed E-state index contributed by atoms with van der Waals surface area (Å²) in [6.45, 7) is 3.30. The quantitative estimate of drug-likeness (QED) is 0.380. The van der Waals surface area contributed by atoms with E-state index in [0.29, 0.717) is 28.1 Å². The van der Waals surface area contributed by atoms with Crippen molar-refractivity contribution in [3.05, 3.63) is 85.0 Å². The van der Waals surface area contributed by atoms with Crippen LogP contribution in [0.4, 0.5) is 24.7 Å². The molecule has 0 saturated carbocycles. The second-order valence-corrected chi connectivity index (χ2v) is 8.78. The number of ether oxygens (including phenoxy) is 1. The maximum atomic E-state index is 12.6. The smallest absolute Gasteiger partial charge is 0.406 e. The van der Waals surface area contributed by atoms with E-state index in [-0.39, 0.29) is 10.6 Å². The summed E-state index contributed by atoms with van der Waals surface area (Å²) in [5.74, 6) is 0.0968. The van der Waals surface area contributed by atoms with E-state index in [1.807, 2.05) is 0 Å². The number of fused-ring (bicyclic) bond motifs is 1. The number of anilines is 2. The summed E-state index contributed by atoms with van der Waals surface area (Å²) in [5.41, 5.74) is 1.49. The number of pyridine rings is 2. The molecule has 0 spiro atoms. The number of alkyl halides is 3. The standard InChI is InChI=1S/C23H16F3N3O3S/c1-2-33(30,31)19-8-6-17(7-9-19)29-21-13-20-16(14-28-21)10-11-27-22(20)15-4-3-5-18(12-15)32-23(24,25)26/h2-14H,1H2,(H,28,29). The number of hydrogen-bond acceptors (Lipinski definition) is 6. The maximum absolute atomic E-state index is 12.6. The first-order chi connectivity index (χ1) is 15.6. The first-order valence-electron chi connectivity index (χ1n) is 9.50. The van der Waals surface area contributed by atoms with Gasteiger partial charge in [-0.3, -0.25) is 4.98 Å². The van der Waals surface area contributed by atoms with Gasteiger partial charge in [-0.2, -0.15) is 0 Å². The van der Waals surface area contributed by atoms with E-state index in [4.69, 9.17) is 0 Å². The van der Waals surface area contributed by atoms with Crippen molar-refractivity contribution in [2.45, 2.75) is 11.3 Å². The first kappa shape index (κ1) is 22.3. The molecule has 6 nitrogen and oxygen atoms in total. The molecule has 33 heavy (non-hydrogen) atoms. The zero-order valence-corrected chi connectivity index (χ0v) is 17.7. The molecule has 0 radical (unpaired) electrons. The van der Waals surface area contributed by atoms with Gasteiger partial charge in [0.25, 0.3) is 0 Å². The van der Waals surface area contributed by atoms with Gasteiger partial charge in [0, 0.05) is 39.8 Å². The predicted octanol–water partition coefficient (Wildman–Crippen LogP) is 5.86. The molecule has 1 N–H and O–H groups in total. The third-order valence-electron chi connectivity index (χ3n) is 4.66. The van der Waals surface area contributed by atoms with Crippen molar-refractivity contribution in [2.24, 2.45) is 0 Å². The Morgan fingerprint density at radius 2 is 1.76 bits per heavy atom. The third-order valence-corrected chi connectivity index (χ3v) is 6.03. The van der Waals surface area contributed by atoms with E-state index in [1.54, 1.807) is 42.7 Å². The number of benzene rings is 2. The number of aromatic nitrogens is 2. The molecule has 0 bridgehead atoms. The van der Waals surface area contributed by atoms with Gasteiger partial charge >= 0.3 is 6.36 Å². The normalized spacial score (nSPS) is 11.8. The highest BCUT2D eigenvalue weighted by Gasteiger charge is 2.31. The highest BCUT2D eigenvalue weighted by atomic mass is 32.2. The largest absolute Gasteiger partial charge is 0.573 e. The van der Waals surface area contributed by atoms with Gasteiger partial charge in [0.1, 0.15) is 11.6 Å². The van der Waals surface area contributed by atoms with Crippen molar-refractivity contribution in [1.82, 2.24) is 9.97 Å². The van der Waals surface area contributed by atoms with Crippen molar-refractivity contribution >= 4 is 32.1 Å². The minimum Gasteiger partial charge on any atom is -0.406 e. The zero-order chi connectivity index (χ0) is 23.6.